The Kier molecular flexibility index (Phi) is 4.78. The second-order valence-corrected chi connectivity index (χ2v) is 14.6. The molecule has 1 nitrogen and oxygen atoms in total. The van der Waals surface area contributed by atoms with E-state index in [0.717, 1.165) is 0 Å². The summed E-state index contributed by atoms with van der Waals surface area (Å²) in [6.07, 6.45) is 0. The third-order valence-electron chi connectivity index (χ3n) is 4.31. The van der Waals surface area contributed by atoms with Crippen molar-refractivity contribution in [1.29, 1.82) is 0 Å². The normalized spacial score (nSPS) is 13.5. The van der Waals surface area contributed by atoms with E-state index in [1.807, 2.05) is 0 Å². The van der Waals surface area contributed by atoms with Gasteiger partial charge >= 0.3 is 0 Å². The molecular formula is C19H30NPSi. The van der Waals surface area contributed by atoms with E-state index < -0.39 is 8.24 Å². The summed E-state index contributed by atoms with van der Waals surface area (Å²) in [5.41, 5.74) is 3.22. The fourth-order valence-corrected chi connectivity index (χ4v) is 12.5. The van der Waals surface area contributed by atoms with Gasteiger partial charge in [-0.1, -0.05) is 51.0 Å². The molecule has 3 heteroatoms. The molecule has 0 spiro atoms. The van der Waals surface area contributed by atoms with Gasteiger partial charge in [0.25, 0.3) is 0 Å². The van der Waals surface area contributed by atoms with Crippen LogP contribution in [0.1, 0.15) is 37.2 Å². The molecule has 1 aromatic carbocycles. The van der Waals surface area contributed by atoms with Crippen molar-refractivity contribution in [3.05, 3.63) is 46.8 Å². The Morgan fingerprint density at radius 3 is 1.95 bits per heavy atom. The molecule has 0 saturated carbocycles. The van der Waals surface area contributed by atoms with Crippen LogP contribution in [0.5, 0.6) is 0 Å². The van der Waals surface area contributed by atoms with Gasteiger partial charge in [0.1, 0.15) is 0 Å². The van der Waals surface area contributed by atoms with Crippen molar-refractivity contribution in [3.63, 3.8) is 0 Å². The number of hydrogen-bond acceptors (Lipinski definition) is 1. The molecule has 0 aliphatic rings. The zero-order valence-corrected chi connectivity index (χ0v) is 17.2. The molecule has 120 valence electrons. The van der Waals surface area contributed by atoms with E-state index >= 15 is 0 Å². The minimum Gasteiger partial charge on any atom is -0.329 e. The van der Waals surface area contributed by atoms with Crippen LogP contribution in [0.15, 0.2) is 30.3 Å². The van der Waals surface area contributed by atoms with E-state index in [-0.39, 0.29) is 13.1 Å². The lowest BCUT2D eigenvalue weighted by molar-refractivity contribution is 0.515. The molecule has 0 aliphatic carbocycles. The highest BCUT2D eigenvalue weighted by atomic mass is 31.1. The predicted molar refractivity (Wildman–Crippen MR) is 105 cm³/mol. The molecule has 1 atom stereocenters. The van der Waals surface area contributed by atoms with Gasteiger partial charge < -0.3 is 4.98 Å². The van der Waals surface area contributed by atoms with Crippen molar-refractivity contribution in [2.45, 2.75) is 60.2 Å². The highest BCUT2D eigenvalue weighted by molar-refractivity contribution is 7.65. The number of rotatable bonds is 3. The molecule has 0 radical (unpaired) electrons. The molecule has 0 amide bonds. The van der Waals surface area contributed by atoms with E-state index in [4.69, 9.17) is 0 Å². The average Bonchev–Trinajstić information content (AvgIpc) is 2.62. The topological polar surface area (TPSA) is 12.0 Å². The van der Waals surface area contributed by atoms with Gasteiger partial charge in [0, 0.05) is 5.54 Å². The largest absolute Gasteiger partial charge is 0.329 e. The van der Waals surface area contributed by atoms with Crippen molar-refractivity contribution in [1.82, 2.24) is 4.98 Å². The third kappa shape index (κ3) is 3.40. The van der Waals surface area contributed by atoms with Crippen LogP contribution in [-0.4, -0.2) is 13.8 Å². The van der Waals surface area contributed by atoms with Crippen molar-refractivity contribution in [2.24, 2.45) is 0 Å². The molecule has 1 aromatic heterocycles. The van der Waals surface area contributed by atoms with Gasteiger partial charge in [-0.25, -0.2) is 0 Å². The maximum atomic E-state index is 3.98. The van der Waals surface area contributed by atoms with Crippen LogP contribution in [0, 0.1) is 20.8 Å². The zero-order chi connectivity index (χ0) is 16.7. The minimum atomic E-state index is -1.68. The summed E-state index contributed by atoms with van der Waals surface area (Å²) in [6, 6.07) is 11.1. The molecule has 1 unspecified atom stereocenters. The van der Waals surface area contributed by atoms with Crippen LogP contribution in [0.3, 0.4) is 0 Å². The number of hydrogen-bond donors (Lipinski definition) is 1. The van der Waals surface area contributed by atoms with Crippen molar-refractivity contribution < 1.29 is 0 Å². The summed E-state index contributed by atoms with van der Waals surface area (Å²) < 4.78 is 0. The first-order chi connectivity index (χ1) is 10.0. The van der Waals surface area contributed by atoms with Crippen LogP contribution >= 0.6 is 7.53 Å². The molecule has 2 aromatic rings. The standard InChI is InChI=1S/C19H30NPSi/c1-14-15(2)18(22(7,8)20-19(4,5)6)21(16(14)3)17-12-10-9-11-13-17/h9-13,20H,1-8H3. The van der Waals surface area contributed by atoms with Crippen LogP contribution in [-0.2, 0) is 0 Å². The Labute approximate surface area is 138 Å². The maximum absolute atomic E-state index is 3.98. The van der Waals surface area contributed by atoms with Crippen molar-refractivity contribution >= 4 is 20.7 Å². The predicted octanol–water partition coefficient (Wildman–Crippen LogP) is 5.39. The van der Waals surface area contributed by atoms with Gasteiger partial charge in [0.05, 0.1) is 0 Å². The average molecular weight is 332 g/mol. The Bertz CT molecular complexity index is 663. The third-order valence-corrected chi connectivity index (χ3v) is 12.2. The van der Waals surface area contributed by atoms with Gasteiger partial charge in [-0.3, -0.25) is 0 Å². The van der Waals surface area contributed by atoms with Crippen LogP contribution in [0.4, 0.5) is 0 Å². The zero-order valence-electron chi connectivity index (χ0n) is 15.3. The molecule has 1 N–H and O–H groups in total. The first-order valence-corrected chi connectivity index (χ1v) is 12.4. The summed E-state index contributed by atoms with van der Waals surface area (Å²) in [5.74, 6) is 0. The Hall–Kier alpha value is -0.823. The van der Waals surface area contributed by atoms with Gasteiger partial charge in [0.2, 0.25) is 0 Å². The highest BCUT2D eigenvalue weighted by Crippen LogP contribution is 2.46. The van der Waals surface area contributed by atoms with E-state index in [1.165, 1.54) is 10.9 Å². The van der Waals surface area contributed by atoms with Gasteiger partial charge in [0.15, 0.2) is 8.24 Å². The number of benzene rings is 1. The summed E-state index contributed by atoms with van der Waals surface area (Å²) in [6.45, 7) is 18.8. The molecule has 0 bridgehead atoms. The van der Waals surface area contributed by atoms with Gasteiger partial charge in [-0.2, -0.15) is 0 Å². The molecule has 1 heterocycles. The molecule has 0 fully saturated rings. The molecular weight excluding hydrogens is 301 g/mol. The second kappa shape index (κ2) is 6.00. The van der Waals surface area contributed by atoms with E-state index in [2.05, 4.69) is 90.0 Å². The minimum absolute atomic E-state index is 0.158. The van der Waals surface area contributed by atoms with Crippen LogP contribution < -0.4 is 9.90 Å². The maximum Gasteiger partial charge on any atom is 0.157 e. The fourth-order valence-electron chi connectivity index (χ4n) is 3.60. The SMILES string of the molecule is Cc1c(C)c([Si](C)(C)NC(C)(C)C)p(-c2ccccc2)c1C. The summed E-state index contributed by atoms with van der Waals surface area (Å²) in [5, 5.41) is 3.09. The number of nitrogens with one attached hydrogen (secondary N) is 1. The van der Waals surface area contributed by atoms with E-state index in [0.29, 0.717) is 0 Å². The lowest BCUT2D eigenvalue weighted by Crippen LogP contribution is -2.61. The fraction of sp³-hybridized carbons (Fsp3) is 0.474. The molecule has 2 rings (SSSR count). The monoisotopic (exact) mass is 331 g/mol. The van der Waals surface area contributed by atoms with E-state index in [1.54, 1.807) is 15.8 Å². The van der Waals surface area contributed by atoms with Crippen molar-refractivity contribution in [3.8, 4) is 5.30 Å². The smallest absolute Gasteiger partial charge is 0.157 e. The lowest BCUT2D eigenvalue weighted by Gasteiger charge is -2.35. The summed E-state index contributed by atoms with van der Waals surface area (Å²) in [7, 11) is -2.01. The first kappa shape index (κ1) is 17.5. The first-order valence-electron chi connectivity index (χ1n) is 8.08. The quantitative estimate of drug-likeness (QED) is 0.744. The van der Waals surface area contributed by atoms with Crippen molar-refractivity contribution in [2.75, 3.05) is 0 Å². The molecule has 22 heavy (non-hydrogen) atoms. The molecule has 0 saturated heterocycles. The Morgan fingerprint density at radius 2 is 1.45 bits per heavy atom. The Balaban J connectivity index is 2.69. The lowest BCUT2D eigenvalue weighted by atomic mass is 10.1. The van der Waals surface area contributed by atoms with E-state index in [9.17, 15) is 0 Å². The highest BCUT2D eigenvalue weighted by Gasteiger charge is 2.34. The van der Waals surface area contributed by atoms with Gasteiger partial charge in [-0.05, 0) is 68.2 Å². The Morgan fingerprint density at radius 1 is 0.909 bits per heavy atom. The van der Waals surface area contributed by atoms with Gasteiger partial charge in [-0.15, -0.1) is 0 Å². The second-order valence-electron chi connectivity index (χ2n) is 7.85. The van der Waals surface area contributed by atoms with Crippen LogP contribution in [0.2, 0.25) is 13.1 Å². The summed E-state index contributed by atoms with van der Waals surface area (Å²) >= 11 is 0. The summed E-state index contributed by atoms with van der Waals surface area (Å²) in [4.78, 5) is 5.70. The molecule has 0 aliphatic heterocycles. The van der Waals surface area contributed by atoms with Crippen LogP contribution in [0.25, 0.3) is 5.30 Å².